The average Bonchev–Trinajstić information content (AvgIpc) is 2.83. The number of halogens is 2. The Hall–Kier alpha value is -2.55. The van der Waals surface area contributed by atoms with Gasteiger partial charge < -0.3 is 5.32 Å². The van der Waals surface area contributed by atoms with E-state index in [0.717, 1.165) is 21.2 Å². The number of hydrogen-bond donors (Lipinski definition) is 1. The minimum atomic E-state index is -4.00. The summed E-state index contributed by atoms with van der Waals surface area (Å²) in [6, 6.07) is 18.0. The fourth-order valence-corrected chi connectivity index (χ4v) is 5.81. The molecule has 0 unspecified atom stereocenters. The van der Waals surface area contributed by atoms with Crippen molar-refractivity contribution in [1.29, 1.82) is 0 Å². The SMILES string of the molecule is Cc1ccc(S(=O)(=O)N(CC(=O)NCCCSCc2ccccc2F)c2ccc(C)c(Cl)c2)cc1. The normalized spacial score (nSPS) is 11.3. The van der Waals surface area contributed by atoms with Crippen molar-refractivity contribution in [2.75, 3.05) is 23.1 Å². The van der Waals surface area contributed by atoms with E-state index >= 15 is 0 Å². The van der Waals surface area contributed by atoms with Crippen LogP contribution in [-0.2, 0) is 20.6 Å². The van der Waals surface area contributed by atoms with Crippen LogP contribution in [0.3, 0.4) is 0 Å². The van der Waals surface area contributed by atoms with Crippen LogP contribution in [0.2, 0.25) is 5.02 Å². The van der Waals surface area contributed by atoms with E-state index in [2.05, 4.69) is 5.32 Å². The second kappa shape index (κ2) is 12.4. The highest BCUT2D eigenvalue weighted by atomic mass is 35.5. The van der Waals surface area contributed by atoms with E-state index in [1.807, 2.05) is 13.8 Å². The van der Waals surface area contributed by atoms with Crippen LogP contribution in [0.25, 0.3) is 0 Å². The molecule has 5 nitrogen and oxygen atoms in total. The number of anilines is 1. The van der Waals surface area contributed by atoms with Gasteiger partial charge >= 0.3 is 0 Å². The van der Waals surface area contributed by atoms with Crippen molar-refractivity contribution in [2.24, 2.45) is 0 Å². The number of hydrogen-bond acceptors (Lipinski definition) is 4. The lowest BCUT2D eigenvalue weighted by Gasteiger charge is -2.24. The molecule has 0 aromatic heterocycles. The summed E-state index contributed by atoms with van der Waals surface area (Å²) in [6.45, 7) is 3.70. The Morgan fingerprint density at radius 3 is 2.46 bits per heavy atom. The fourth-order valence-electron chi connectivity index (χ4n) is 3.28. The lowest BCUT2D eigenvalue weighted by molar-refractivity contribution is -0.119. The summed E-state index contributed by atoms with van der Waals surface area (Å²) < 4.78 is 41.6. The van der Waals surface area contributed by atoms with E-state index in [4.69, 9.17) is 11.6 Å². The van der Waals surface area contributed by atoms with Gasteiger partial charge in [-0.15, -0.1) is 0 Å². The number of aryl methyl sites for hydroxylation is 2. The molecule has 3 aromatic rings. The molecule has 0 aliphatic carbocycles. The Balaban J connectivity index is 1.62. The van der Waals surface area contributed by atoms with Crippen LogP contribution in [0.15, 0.2) is 71.6 Å². The predicted molar refractivity (Wildman–Crippen MR) is 142 cm³/mol. The Labute approximate surface area is 215 Å². The molecule has 0 saturated carbocycles. The van der Waals surface area contributed by atoms with Gasteiger partial charge in [-0.2, -0.15) is 11.8 Å². The first-order chi connectivity index (χ1) is 16.7. The summed E-state index contributed by atoms with van der Waals surface area (Å²) in [5.74, 6) is 0.640. The number of nitrogens with one attached hydrogen (secondary N) is 1. The van der Waals surface area contributed by atoms with Gasteiger partial charge in [0, 0.05) is 17.3 Å². The van der Waals surface area contributed by atoms with Gasteiger partial charge in [0.1, 0.15) is 12.4 Å². The standard InChI is InChI=1S/C26H28ClFN2O3S2/c1-19-8-12-23(13-9-19)35(32,33)30(22-11-10-20(2)24(27)16-22)17-26(31)29-14-5-15-34-18-21-6-3-4-7-25(21)28/h3-4,6-13,16H,5,14-15,17-18H2,1-2H3,(H,29,31). The van der Waals surface area contributed by atoms with E-state index in [-0.39, 0.29) is 17.3 Å². The highest BCUT2D eigenvalue weighted by Gasteiger charge is 2.27. The molecule has 0 aliphatic heterocycles. The topological polar surface area (TPSA) is 66.5 Å². The summed E-state index contributed by atoms with van der Waals surface area (Å²) in [5.41, 5.74) is 2.70. The summed E-state index contributed by atoms with van der Waals surface area (Å²) in [6.07, 6.45) is 0.673. The van der Waals surface area contributed by atoms with Gasteiger partial charge in [0.05, 0.1) is 10.6 Å². The third-order valence-corrected chi connectivity index (χ3v) is 8.63. The molecule has 0 saturated heterocycles. The Morgan fingerprint density at radius 1 is 1.06 bits per heavy atom. The average molecular weight is 535 g/mol. The van der Waals surface area contributed by atoms with Crippen LogP contribution in [0.4, 0.5) is 10.1 Å². The van der Waals surface area contributed by atoms with Crippen LogP contribution >= 0.6 is 23.4 Å². The maximum atomic E-state index is 13.7. The van der Waals surface area contributed by atoms with Crippen LogP contribution in [-0.4, -0.2) is 33.2 Å². The molecule has 186 valence electrons. The molecular formula is C26H28ClFN2O3S2. The molecule has 3 aromatic carbocycles. The van der Waals surface area contributed by atoms with Crippen LogP contribution in [0.1, 0.15) is 23.1 Å². The van der Waals surface area contributed by atoms with Crippen molar-refractivity contribution in [3.63, 3.8) is 0 Å². The van der Waals surface area contributed by atoms with Crippen LogP contribution < -0.4 is 9.62 Å². The van der Waals surface area contributed by atoms with Crippen molar-refractivity contribution >= 4 is 45.0 Å². The lowest BCUT2D eigenvalue weighted by Crippen LogP contribution is -2.41. The van der Waals surface area contributed by atoms with Gasteiger partial charge in [-0.05, 0) is 67.5 Å². The van der Waals surface area contributed by atoms with E-state index < -0.39 is 15.9 Å². The maximum absolute atomic E-state index is 13.7. The number of nitrogens with zero attached hydrogens (tertiary/aromatic N) is 1. The third kappa shape index (κ3) is 7.46. The lowest BCUT2D eigenvalue weighted by atomic mass is 10.2. The first kappa shape index (κ1) is 27.0. The first-order valence-electron chi connectivity index (χ1n) is 11.1. The Bertz CT molecular complexity index is 1270. The molecule has 0 radical (unpaired) electrons. The maximum Gasteiger partial charge on any atom is 0.264 e. The molecule has 9 heteroatoms. The molecule has 1 N–H and O–H groups in total. The zero-order chi connectivity index (χ0) is 25.4. The third-order valence-electron chi connectivity index (χ3n) is 5.34. The Kier molecular flexibility index (Phi) is 9.60. The Morgan fingerprint density at radius 2 is 1.77 bits per heavy atom. The first-order valence-corrected chi connectivity index (χ1v) is 14.1. The van der Waals surface area contributed by atoms with Crippen molar-refractivity contribution in [2.45, 2.75) is 30.9 Å². The van der Waals surface area contributed by atoms with Gasteiger partial charge in [-0.3, -0.25) is 9.10 Å². The second-order valence-electron chi connectivity index (χ2n) is 8.11. The second-order valence-corrected chi connectivity index (χ2v) is 11.5. The largest absolute Gasteiger partial charge is 0.354 e. The minimum absolute atomic E-state index is 0.0946. The number of thioether (sulfide) groups is 1. The summed E-state index contributed by atoms with van der Waals surface area (Å²) in [4.78, 5) is 12.8. The highest BCUT2D eigenvalue weighted by Crippen LogP contribution is 2.28. The van der Waals surface area contributed by atoms with Crippen LogP contribution in [0, 0.1) is 19.7 Å². The van der Waals surface area contributed by atoms with E-state index in [1.54, 1.807) is 60.3 Å². The number of carbonyl (C=O) groups is 1. The van der Waals surface area contributed by atoms with Gasteiger partial charge in [0.15, 0.2) is 0 Å². The van der Waals surface area contributed by atoms with Crippen molar-refractivity contribution in [3.8, 4) is 0 Å². The predicted octanol–water partition coefficient (Wildman–Crippen LogP) is 5.73. The van der Waals surface area contributed by atoms with E-state index in [9.17, 15) is 17.6 Å². The molecule has 1 amide bonds. The van der Waals surface area contributed by atoms with E-state index in [0.29, 0.717) is 35.0 Å². The molecule has 0 aliphatic rings. The molecule has 3 rings (SSSR count). The molecule has 0 heterocycles. The smallest absolute Gasteiger partial charge is 0.264 e. The molecule has 0 fully saturated rings. The van der Waals surface area contributed by atoms with Crippen molar-refractivity contribution < 1.29 is 17.6 Å². The highest BCUT2D eigenvalue weighted by molar-refractivity contribution is 7.98. The van der Waals surface area contributed by atoms with Crippen molar-refractivity contribution in [1.82, 2.24) is 5.32 Å². The molecule has 35 heavy (non-hydrogen) atoms. The summed E-state index contributed by atoms with van der Waals surface area (Å²) in [7, 11) is -4.00. The number of sulfonamides is 1. The molecular weight excluding hydrogens is 507 g/mol. The summed E-state index contributed by atoms with van der Waals surface area (Å²) in [5, 5.41) is 3.20. The molecule has 0 bridgehead atoms. The number of carbonyl (C=O) groups excluding carboxylic acids is 1. The monoisotopic (exact) mass is 534 g/mol. The van der Waals surface area contributed by atoms with Gasteiger partial charge in [0.2, 0.25) is 5.91 Å². The molecule has 0 atom stereocenters. The van der Waals surface area contributed by atoms with Gasteiger partial charge in [-0.1, -0.05) is 53.6 Å². The van der Waals surface area contributed by atoms with E-state index in [1.165, 1.54) is 18.2 Å². The molecule has 0 spiro atoms. The van der Waals surface area contributed by atoms with Gasteiger partial charge in [0.25, 0.3) is 10.0 Å². The summed E-state index contributed by atoms with van der Waals surface area (Å²) >= 11 is 7.83. The quantitative estimate of drug-likeness (QED) is 0.319. The minimum Gasteiger partial charge on any atom is -0.354 e. The number of benzene rings is 3. The number of amides is 1. The number of rotatable bonds is 11. The van der Waals surface area contributed by atoms with Crippen molar-refractivity contribution in [3.05, 3.63) is 94.3 Å². The fraction of sp³-hybridized carbons (Fsp3) is 0.269. The zero-order valence-corrected chi connectivity index (χ0v) is 22.0. The zero-order valence-electron chi connectivity index (χ0n) is 19.6. The van der Waals surface area contributed by atoms with Crippen LogP contribution in [0.5, 0.6) is 0 Å². The van der Waals surface area contributed by atoms with Gasteiger partial charge in [-0.25, -0.2) is 12.8 Å².